The van der Waals surface area contributed by atoms with Gasteiger partial charge in [0.2, 0.25) is 0 Å². The van der Waals surface area contributed by atoms with E-state index < -0.39 is 0 Å². The van der Waals surface area contributed by atoms with E-state index in [9.17, 15) is 0 Å². The van der Waals surface area contributed by atoms with Crippen LogP contribution in [0.4, 0.5) is 0 Å². The van der Waals surface area contributed by atoms with E-state index >= 15 is 0 Å². The number of nitrogens with two attached hydrogens (primary N) is 1. The van der Waals surface area contributed by atoms with Crippen LogP contribution >= 0.6 is 0 Å². The Bertz CT molecular complexity index is 799. The molecule has 3 aromatic rings. The fourth-order valence-corrected chi connectivity index (χ4v) is 3.27. The van der Waals surface area contributed by atoms with Crippen molar-refractivity contribution in [3.05, 3.63) is 59.2 Å². The molecule has 0 aliphatic heterocycles. The summed E-state index contributed by atoms with van der Waals surface area (Å²) in [6.07, 6.45) is 4.36. The van der Waals surface area contributed by atoms with Crippen LogP contribution < -0.4 is 5.73 Å². The average Bonchev–Trinajstić information content (AvgIpc) is 2.93. The molecule has 0 unspecified atom stereocenters. The summed E-state index contributed by atoms with van der Waals surface area (Å²) in [5.41, 5.74) is 13.6. The minimum absolute atomic E-state index is 0.766. The second-order valence-electron chi connectivity index (χ2n) is 6.33. The lowest BCUT2D eigenvalue weighted by Gasteiger charge is -2.06. The molecule has 0 spiro atoms. The van der Waals surface area contributed by atoms with Crippen molar-refractivity contribution in [3.63, 3.8) is 0 Å². The van der Waals surface area contributed by atoms with Gasteiger partial charge in [-0.05, 0) is 74.0 Å². The van der Waals surface area contributed by atoms with E-state index in [0.29, 0.717) is 0 Å². The molecule has 23 heavy (non-hydrogen) atoms. The minimum atomic E-state index is 0.766. The molecule has 0 bridgehead atoms. The van der Waals surface area contributed by atoms with Gasteiger partial charge < -0.3 is 10.7 Å². The zero-order valence-electron chi connectivity index (χ0n) is 14.2. The molecule has 2 heteroatoms. The van der Waals surface area contributed by atoms with Gasteiger partial charge >= 0.3 is 0 Å². The molecule has 1 heterocycles. The SMILES string of the molecule is CCc1ccc2[nH]c(-c3cccc(C)c3)c(CCCCN)c2c1. The van der Waals surface area contributed by atoms with Gasteiger partial charge in [0.05, 0.1) is 0 Å². The highest BCUT2D eigenvalue weighted by Gasteiger charge is 2.13. The molecule has 2 aromatic carbocycles. The van der Waals surface area contributed by atoms with Gasteiger partial charge in [-0.1, -0.05) is 36.8 Å². The summed E-state index contributed by atoms with van der Waals surface area (Å²) in [5, 5.41) is 1.37. The third-order valence-electron chi connectivity index (χ3n) is 4.57. The summed E-state index contributed by atoms with van der Waals surface area (Å²) in [4.78, 5) is 3.65. The Hall–Kier alpha value is -2.06. The summed E-state index contributed by atoms with van der Waals surface area (Å²) in [6.45, 7) is 5.13. The Morgan fingerprint density at radius 1 is 1.04 bits per heavy atom. The van der Waals surface area contributed by atoms with Crippen LogP contribution in [-0.2, 0) is 12.8 Å². The predicted molar refractivity (Wildman–Crippen MR) is 99.8 cm³/mol. The van der Waals surface area contributed by atoms with Crippen molar-refractivity contribution in [3.8, 4) is 11.3 Å². The number of H-pyrrole nitrogens is 1. The van der Waals surface area contributed by atoms with Crippen molar-refractivity contribution < 1.29 is 0 Å². The fourth-order valence-electron chi connectivity index (χ4n) is 3.27. The van der Waals surface area contributed by atoms with Gasteiger partial charge in [0.1, 0.15) is 0 Å². The Balaban J connectivity index is 2.13. The largest absolute Gasteiger partial charge is 0.354 e. The number of aromatic amines is 1. The van der Waals surface area contributed by atoms with E-state index in [-0.39, 0.29) is 0 Å². The number of benzene rings is 2. The Labute approximate surface area is 138 Å². The molecule has 3 N–H and O–H groups in total. The fraction of sp³-hybridized carbons (Fsp3) is 0.333. The number of unbranched alkanes of at least 4 members (excludes halogenated alkanes) is 1. The van der Waals surface area contributed by atoms with Gasteiger partial charge in [0, 0.05) is 16.6 Å². The maximum Gasteiger partial charge on any atom is 0.0497 e. The number of hydrogen-bond acceptors (Lipinski definition) is 1. The molecule has 3 rings (SSSR count). The van der Waals surface area contributed by atoms with Crippen LogP contribution in [0.2, 0.25) is 0 Å². The summed E-state index contributed by atoms with van der Waals surface area (Å²) in [6, 6.07) is 15.5. The minimum Gasteiger partial charge on any atom is -0.354 e. The van der Waals surface area contributed by atoms with Crippen LogP contribution in [0.1, 0.15) is 36.5 Å². The first-order chi connectivity index (χ1) is 11.2. The maximum atomic E-state index is 5.69. The molecule has 0 atom stereocenters. The van der Waals surface area contributed by atoms with Gasteiger partial charge in [0.25, 0.3) is 0 Å². The maximum absolute atomic E-state index is 5.69. The van der Waals surface area contributed by atoms with Gasteiger partial charge in [0.15, 0.2) is 0 Å². The number of aryl methyl sites for hydroxylation is 3. The molecular formula is C21H26N2. The van der Waals surface area contributed by atoms with E-state index in [1.807, 2.05) is 0 Å². The first kappa shape index (κ1) is 15.8. The molecule has 0 amide bonds. The second kappa shape index (κ2) is 7.01. The van der Waals surface area contributed by atoms with Gasteiger partial charge in [-0.15, -0.1) is 0 Å². The predicted octanol–water partition coefficient (Wildman–Crippen LogP) is 4.99. The third kappa shape index (κ3) is 3.32. The van der Waals surface area contributed by atoms with Crippen molar-refractivity contribution in [2.45, 2.75) is 39.5 Å². The number of fused-ring (bicyclic) bond motifs is 1. The summed E-state index contributed by atoms with van der Waals surface area (Å²) >= 11 is 0. The molecular weight excluding hydrogens is 280 g/mol. The first-order valence-corrected chi connectivity index (χ1v) is 8.63. The number of rotatable bonds is 6. The Morgan fingerprint density at radius 2 is 1.91 bits per heavy atom. The van der Waals surface area contributed by atoms with Crippen LogP contribution in [0.25, 0.3) is 22.2 Å². The van der Waals surface area contributed by atoms with E-state index in [1.165, 1.54) is 38.9 Å². The Kier molecular flexibility index (Phi) is 4.82. The smallest absolute Gasteiger partial charge is 0.0497 e. The molecule has 2 nitrogen and oxygen atoms in total. The lowest BCUT2D eigenvalue weighted by atomic mass is 9.98. The van der Waals surface area contributed by atoms with Crippen molar-refractivity contribution in [2.24, 2.45) is 5.73 Å². The molecule has 0 aliphatic rings. The van der Waals surface area contributed by atoms with Crippen LogP contribution in [0.3, 0.4) is 0 Å². The van der Waals surface area contributed by atoms with E-state index in [2.05, 4.69) is 61.3 Å². The Morgan fingerprint density at radius 3 is 2.65 bits per heavy atom. The number of aromatic nitrogens is 1. The quantitative estimate of drug-likeness (QED) is 0.619. The zero-order valence-corrected chi connectivity index (χ0v) is 14.2. The highest BCUT2D eigenvalue weighted by Crippen LogP contribution is 2.32. The van der Waals surface area contributed by atoms with Crippen molar-refractivity contribution in [1.82, 2.24) is 4.98 Å². The van der Waals surface area contributed by atoms with Crippen LogP contribution in [0.15, 0.2) is 42.5 Å². The summed E-state index contributed by atoms with van der Waals surface area (Å²) in [7, 11) is 0. The molecule has 1 aromatic heterocycles. The first-order valence-electron chi connectivity index (χ1n) is 8.63. The standard InChI is InChI=1S/C21H26N2/c1-3-16-10-11-20-19(14-16)18(9-4-5-12-22)21(23-20)17-8-6-7-15(2)13-17/h6-8,10-11,13-14,23H,3-5,9,12,22H2,1-2H3. The number of hydrogen-bond donors (Lipinski definition) is 2. The van der Waals surface area contributed by atoms with Crippen molar-refractivity contribution >= 4 is 10.9 Å². The van der Waals surface area contributed by atoms with Crippen molar-refractivity contribution in [1.29, 1.82) is 0 Å². The lowest BCUT2D eigenvalue weighted by Crippen LogP contribution is -1.99. The number of nitrogens with one attached hydrogen (secondary N) is 1. The molecule has 0 saturated heterocycles. The highest BCUT2D eigenvalue weighted by atomic mass is 14.7. The lowest BCUT2D eigenvalue weighted by molar-refractivity contribution is 0.748. The van der Waals surface area contributed by atoms with E-state index in [1.54, 1.807) is 0 Å². The van der Waals surface area contributed by atoms with Crippen molar-refractivity contribution in [2.75, 3.05) is 6.54 Å². The third-order valence-corrected chi connectivity index (χ3v) is 4.57. The molecule has 0 fully saturated rings. The zero-order chi connectivity index (χ0) is 16.2. The van der Waals surface area contributed by atoms with Crippen LogP contribution in [0, 0.1) is 6.92 Å². The second-order valence-corrected chi connectivity index (χ2v) is 6.33. The molecule has 120 valence electrons. The average molecular weight is 306 g/mol. The topological polar surface area (TPSA) is 41.8 Å². The van der Waals surface area contributed by atoms with E-state index in [0.717, 1.165) is 32.2 Å². The highest BCUT2D eigenvalue weighted by molar-refractivity contribution is 5.91. The van der Waals surface area contributed by atoms with Crippen LogP contribution in [0.5, 0.6) is 0 Å². The van der Waals surface area contributed by atoms with Gasteiger partial charge in [-0.3, -0.25) is 0 Å². The summed E-state index contributed by atoms with van der Waals surface area (Å²) < 4.78 is 0. The van der Waals surface area contributed by atoms with Crippen LogP contribution in [-0.4, -0.2) is 11.5 Å². The molecule has 0 saturated carbocycles. The van der Waals surface area contributed by atoms with Gasteiger partial charge in [-0.25, -0.2) is 0 Å². The van der Waals surface area contributed by atoms with E-state index in [4.69, 9.17) is 5.73 Å². The monoisotopic (exact) mass is 306 g/mol. The summed E-state index contributed by atoms with van der Waals surface area (Å²) in [5.74, 6) is 0. The molecule has 0 radical (unpaired) electrons. The molecule has 0 aliphatic carbocycles. The normalized spacial score (nSPS) is 11.3. The van der Waals surface area contributed by atoms with Gasteiger partial charge in [-0.2, -0.15) is 0 Å².